The van der Waals surface area contributed by atoms with Gasteiger partial charge in [-0.25, -0.2) is 12.8 Å². The molecule has 0 bridgehead atoms. The Morgan fingerprint density at radius 2 is 2.00 bits per heavy atom. The first-order valence-electron chi connectivity index (χ1n) is 7.13. The van der Waals surface area contributed by atoms with Gasteiger partial charge < -0.3 is 0 Å². The van der Waals surface area contributed by atoms with Crippen molar-refractivity contribution in [3.05, 3.63) is 41.0 Å². The minimum absolute atomic E-state index is 0.173. The highest BCUT2D eigenvalue weighted by Gasteiger charge is 2.33. The largest absolute Gasteiger partial charge is 0.272 e. The van der Waals surface area contributed by atoms with Crippen molar-refractivity contribution < 1.29 is 12.8 Å². The van der Waals surface area contributed by atoms with Gasteiger partial charge >= 0.3 is 0 Å². The Kier molecular flexibility index (Phi) is 3.47. The molecule has 22 heavy (non-hydrogen) atoms. The summed E-state index contributed by atoms with van der Waals surface area (Å²) in [4.78, 5) is 0.173. The molecule has 1 aliphatic heterocycles. The highest BCUT2D eigenvalue weighted by Crippen LogP contribution is 2.36. The summed E-state index contributed by atoms with van der Waals surface area (Å²) in [6, 6.07) is 3.08. The number of hydrogen-bond acceptors (Lipinski definition) is 3. The van der Waals surface area contributed by atoms with Gasteiger partial charge in [-0.3, -0.25) is 8.99 Å². The molecule has 1 aromatic carbocycles. The third-order valence-corrected chi connectivity index (χ3v) is 6.17. The molecule has 7 heteroatoms. The molecule has 2 heterocycles. The van der Waals surface area contributed by atoms with Crippen LogP contribution in [0.15, 0.2) is 23.2 Å². The molecular weight excluding hydrogens is 305 g/mol. The van der Waals surface area contributed by atoms with Gasteiger partial charge in [0, 0.05) is 19.2 Å². The quantitative estimate of drug-likeness (QED) is 0.852. The first-order valence-corrected chi connectivity index (χ1v) is 8.57. The van der Waals surface area contributed by atoms with E-state index in [0.717, 1.165) is 18.4 Å². The number of sulfonamides is 1. The van der Waals surface area contributed by atoms with Crippen LogP contribution in [0, 0.1) is 19.7 Å². The second-order valence-corrected chi connectivity index (χ2v) is 7.41. The van der Waals surface area contributed by atoms with Gasteiger partial charge in [0.05, 0.1) is 17.6 Å². The van der Waals surface area contributed by atoms with Crippen molar-refractivity contribution in [3.63, 3.8) is 0 Å². The average Bonchev–Trinajstić information content (AvgIpc) is 2.83. The lowest BCUT2D eigenvalue weighted by Gasteiger charge is -2.31. The van der Waals surface area contributed by atoms with Gasteiger partial charge in [-0.1, -0.05) is 6.07 Å². The zero-order valence-corrected chi connectivity index (χ0v) is 13.6. The normalized spacial score (nSPS) is 15.0. The van der Waals surface area contributed by atoms with Gasteiger partial charge in [-0.2, -0.15) is 5.10 Å². The molecule has 0 saturated carbocycles. The average molecular weight is 323 g/mol. The number of benzene rings is 1. The Hall–Kier alpha value is -1.89. The van der Waals surface area contributed by atoms with E-state index in [1.807, 2.05) is 0 Å². The summed E-state index contributed by atoms with van der Waals surface area (Å²) in [5.74, 6) is -0.385. The maximum absolute atomic E-state index is 13.9. The number of anilines is 1. The minimum atomic E-state index is -3.74. The number of halogens is 1. The summed E-state index contributed by atoms with van der Waals surface area (Å²) >= 11 is 0. The van der Waals surface area contributed by atoms with Crippen molar-refractivity contribution in [3.8, 4) is 0 Å². The molecule has 2 aromatic rings. The molecule has 0 N–H and O–H groups in total. The van der Waals surface area contributed by atoms with Gasteiger partial charge in [0.15, 0.2) is 0 Å². The smallest absolute Gasteiger partial charge is 0.267 e. The van der Waals surface area contributed by atoms with Crippen molar-refractivity contribution in [1.29, 1.82) is 0 Å². The zero-order chi connectivity index (χ0) is 16.1. The molecule has 0 radical (unpaired) electrons. The molecule has 0 saturated heterocycles. The summed E-state index contributed by atoms with van der Waals surface area (Å²) in [6.45, 7) is 3.69. The van der Waals surface area contributed by atoms with Crippen LogP contribution in [0.2, 0.25) is 0 Å². The van der Waals surface area contributed by atoms with E-state index < -0.39 is 10.0 Å². The molecule has 0 atom stereocenters. The van der Waals surface area contributed by atoms with Crippen LogP contribution in [0.4, 0.5) is 10.1 Å². The van der Waals surface area contributed by atoms with E-state index in [0.29, 0.717) is 23.5 Å². The van der Waals surface area contributed by atoms with Crippen LogP contribution in [0.3, 0.4) is 0 Å². The monoisotopic (exact) mass is 323 g/mol. The standard InChI is InChI=1S/C15H18FN3O2S/c1-10-13(16)7-6-12-5-4-8-19(15(10)12)22(20,21)14-9-17-18(3)11(14)2/h6-7,9H,4-5,8H2,1-3H3. The molecule has 3 rings (SSSR count). The zero-order valence-electron chi connectivity index (χ0n) is 12.8. The molecule has 0 spiro atoms. The fourth-order valence-electron chi connectivity index (χ4n) is 2.90. The third kappa shape index (κ3) is 2.11. The van der Waals surface area contributed by atoms with Crippen LogP contribution in [0.1, 0.15) is 23.2 Å². The van der Waals surface area contributed by atoms with E-state index in [-0.39, 0.29) is 10.7 Å². The van der Waals surface area contributed by atoms with Crippen LogP contribution in [-0.4, -0.2) is 24.7 Å². The molecular formula is C15H18FN3O2S. The minimum Gasteiger partial charge on any atom is -0.272 e. The number of hydrogen-bond donors (Lipinski definition) is 0. The van der Waals surface area contributed by atoms with Crippen LogP contribution in [-0.2, 0) is 23.5 Å². The fourth-order valence-corrected chi connectivity index (χ4v) is 4.68. The summed E-state index contributed by atoms with van der Waals surface area (Å²) < 4.78 is 42.8. The van der Waals surface area contributed by atoms with Gasteiger partial charge in [0.1, 0.15) is 10.7 Å². The first-order chi connectivity index (χ1) is 10.3. The van der Waals surface area contributed by atoms with E-state index >= 15 is 0 Å². The number of rotatable bonds is 2. The molecule has 5 nitrogen and oxygen atoms in total. The molecule has 1 aliphatic rings. The lowest BCUT2D eigenvalue weighted by Crippen LogP contribution is -2.36. The molecule has 118 valence electrons. The number of aromatic nitrogens is 2. The van der Waals surface area contributed by atoms with Gasteiger partial charge in [0.25, 0.3) is 10.0 Å². The lowest BCUT2D eigenvalue weighted by atomic mass is 10.00. The van der Waals surface area contributed by atoms with E-state index in [1.54, 1.807) is 27.0 Å². The van der Waals surface area contributed by atoms with E-state index in [9.17, 15) is 12.8 Å². The molecule has 0 unspecified atom stereocenters. The first kappa shape index (κ1) is 15.0. The predicted octanol–water partition coefficient (Wildman–Crippen LogP) is 2.32. The highest BCUT2D eigenvalue weighted by molar-refractivity contribution is 7.92. The second-order valence-electron chi connectivity index (χ2n) is 5.58. The van der Waals surface area contributed by atoms with Crippen molar-refractivity contribution in [2.24, 2.45) is 7.05 Å². The van der Waals surface area contributed by atoms with E-state index in [4.69, 9.17) is 0 Å². The summed E-state index contributed by atoms with van der Waals surface area (Å²) in [6.07, 6.45) is 2.83. The number of nitrogens with zero attached hydrogens (tertiary/aromatic N) is 3. The Labute approximate surface area is 129 Å². The summed E-state index contributed by atoms with van der Waals surface area (Å²) in [7, 11) is -2.04. The van der Waals surface area contributed by atoms with Crippen molar-refractivity contribution in [1.82, 2.24) is 9.78 Å². The van der Waals surface area contributed by atoms with E-state index in [2.05, 4.69) is 5.10 Å². The molecule has 0 aliphatic carbocycles. The lowest BCUT2D eigenvalue weighted by molar-refractivity contribution is 0.583. The Morgan fingerprint density at radius 3 is 2.64 bits per heavy atom. The van der Waals surface area contributed by atoms with Crippen LogP contribution in [0.5, 0.6) is 0 Å². The second kappa shape index (κ2) is 5.08. The van der Waals surface area contributed by atoms with E-state index in [1.165, 1.54) is 21.3 Å². The number of aryl methyl sites for hydroxylation is 2. The van der Waals surface area contributed by atoms with Gasteiger partial charge in [0.2, 0.25) is 0 Å². The van der Waals surface area contributed by atoms with Crippen LogP contribution in [0.25, 0.3) is 0 Å². The fraction of sp³-hybridized carbons (Fsp3) is 0.400. The van der Waals surface area contributed by atoms with Crippen molar-refractivity contribution in [2.75, 3.05) is 10.8 Å². The predicted molar refractivity (Wildman–Crippen MR) is 81.9 cm³/mol. The Morgan fingerprint density at radius 1 is 1.27 bits per heavy atom. The Balaban J connectivity index is 2.19. The maximum atomic E-state index is 13.9. The third-order valence-electron chi connectivity index (χ3n) is 4.26. The van der Waals surface area contributed by atoms with Gasteiger partial charge in [-0.15, -0.1) is 0 Å². The van der Waals surface area contributed by atoms with Crippen LogP contribution >= 0.6 is 0 Å². The number of fused-ring (bicyclic) bond motifs is 1. The highest BCUT2D eigenvalue weighted by atomic mass is 32.2. The van der Waals surface area contributed by atoms with Crippen molar-refractivity contribution >= 4 is 15.7 Å². The SMILES string of the molecule is Cc1c(F)ccc2c1N(S(=O)(=O)c1cnn(C)c1C)CCC2. The van der Waals surface area contributed by atoms with Crippen molar-refractivity contribution in [2.45, 2.75) is 31.6 Å². The Bertz CT molecular complexity index is 843. The maximum Gasteiger partial charge on any atom is 0.267 e. The topological polar surface area (TPSA) is 55.2 Å². The van der Waals surface area contributed by atoms with Crippen LogP contribution < -0.4 is 4.31 Å². The molecule has 0 amide bonds. The molecule has 1 aromatic heterocycles. The summed E-state index contributed by atoms with van der Waals surface area (Å²) in [5.41, 5.74) is 2.30. The summed E-state index contributed by atoms with van der Waals surface area (Å²) in [5, 5.41) is 4.01. The van der Waals surface area contributed by atoms with Gasteiger partial charge in [-0.05, 0) is 38.3 Å². The molecule has 0 fully saturated rings.